The summed E-state index contributed by atoms with van der Waals surface area (Å²) in [6.45, 7) is 4.45. The second kappa shape index (κ2) is 6.83. The van der Waals surface area contributed by atoms with Gasteiger partial charge >= 0.3 is 5.97 Å². The maximum atomic E-state index is 12.0. The molecule has 0 fully saturated rings. The van der Waals surface area contributed by atoms with Crippen molar-refractivity contribution in [2.24, 2.45) is 5.92 Å². The minimum atomic E-state index is -0.906. The van der Waals surface area contributed by atoms with Gasteiger partial charge in [0.15, 0.2) is 0 Å². The van der Waals surface area contributed by atoms with Crippen LogP contribution in [0.15, 0.2) is 22.8 Å². The minimum absolute atomic E-state index is 0.0392. The van der Waals surface area contributed by atoms with E-state index in [-0.39, 0.29) is 24.8 Å². The molecule has 0 saturated heterocycles. The molecule has 0 radical (unpaired) electrons. The van der Waals surface area contributed by atoms with Crippen LogP contribution in [-0.2, 0) is 16.1 Å². The van der Waals surface area contributed by atoms with Crippen LogP contribution in [-0.4, -0.2) is 28.4 Å². The maximum Gasteiger partial charge on any atom is 0.305 e. The van der Waals surface area contributed by atoms with Crippen molar-refractivity contribution in [2.45, 2.75) is 33.2 Å². The molecular formula is C13H19NO4. The Kier molecular flexibility index (Phi) is 5.42. The first-order valence-electron chi connectivity index (χ1n) is 6.01. The lowest BCUT2D eigenvalue weighted by Crippen LogP contribution is -2.33. The van der Waals surface area contributed by atoms with Gasteiger partial charge in [0.1, 0.15) is 5.76 Å². The number of amides is 1. The Morgan fingerprint density at radius 1 is 1.44 bits per heavy atom. The molecule has 1 heterocycles. The Balaban J connectivity index is 2.61. The molecule has 0 bridgehead atoms. The molecule has 0 aliphatic rings. The molecule has 1 aromatic heterocycles. The van der Waals surface area contributed by atoms with Crippen molar-refractivity contribution >= 4 is 11.9 Å². The van der Waals surface area contributed by atoms with E-state index in [4.69, 9.17) is 9.52 Å². The molecule has 0 atom stereocenters. The lowest BCUT2D eigenvalue weighted by molar-refractivity contribution is -0.139. The van der Waals surface area contributed by atoms with Crippen LogP contribution in [0.1, 0.15) is 32.4 Å². The molecular weight excluding hydrogens is 234 g/mol. The zero-order valence-electron chi connectivity index (χ0n) is 10.8. The van der Waals surface area contributed by atoms with Gasteiger partial charge in [-0.2, -0.15) is 0 Å². The lowest BCUT2D eigenvalue weighted by atomic mass is 10.1. The molecule has 1 rings (SSSR count). The first-order valence-corrected chi connectivity index (χ1v) is 6.01. The second-order valence-electron chi connectivity index (χ2n) is 4.64. The van der Waals surface area contributed by atoms with Gasteiger partial charge in [0.25, 0.3) is 0 Å². The highest BCUT2D eigenvalue weighted by molar-refractivity contribution is 5.77. The number of carboxylic acid groups (broad SMARTS) is 1. The summed E-state index contributed by atoms with van der Waals surface area (Å²) in [7, 11) is 0. The molecule has 0 unspecified atom stereocenters. The monoisotopic (exact) mass is 253 g/mol. The largest absolute Gasteiger partial charge is 0.481 e. The first-order chi connectivity index (χ1) is 8.49. The molecule has 5 heteroatoms. The molecule has 0 aromatic carbocycles. The fraction of sp³-hybridized carbons (Fsp3) is 0.538. The first kappa shape index (κ1) is 14.3. The normalized spacial score (nSPS) is 10.6. The van der Waals surface area contributed by atoms with Gasteiger partial charge in [-0.15, -0.1) is 0 Å². The number of nitrogens with zero attached hydrogens (tertiary/aromatic N) is 1. The lowest BCUT2D eigenvalue weighted by Gasteiger charge is -2.21. The van der Waals surface area contributed by atoms with E-state index in [1.807, 2.05) is 13.8 Å². The predicted molar refractivity (Wildman–Crippen MR) is 65.8 cm³/mol. The van der Waals surface area contributed by atoms with Crippen molar-refractivity contribution in [1.29, 1.82) is 0 Å². The Hall–Kier alpha value is -1.78. The van der Waals surface area contributed by atoms with E-state index < -0.39 is 5.97 Å². The van der Waals surface area contributed by atoms with Crippen molar-refractivity contribution in [1.82, 2.24) is 4.90 Å². The second-order valence-corrected chi connectivity index (χ2v) is 4.64. The molecule has 0 saturated carbocycles. The SMILES string of the molecule is CC(C)CC(=O)N(CCC(=O)O)Cc1ccco1. The Morgan fingerprint density at radius 3 is 2.67 bits per heavy atom. The number of carbonyl (C=O) groups is 2. The summed E-state index contributed by atoms with van der Waals surface area (Å²) in [6.07, 6.45) is 1.91. The van der Waals surface area contributed by atoms with Crippen molar-refractivity contribution < 1.29 is 19.1 Å². The van der Waals surface area contributed by atoms with Gasteiger partial charge in [0, 0.05) is 13.0 Å². The summed E-state index contributed by atoms with van der Waals surface area (Å²) >= 11 is 0. The minimum Gasteiger partial charge on any atom is -0.481 e. The number of carbonyl (C=O) groups excluding carboxylic acids is 1. The van der Waals surface area contributed by atoms with Crippen molar-refractivity contribution in [2.75, 3.05) is 6.54 Å². The number of hydrogen-bond donors (Lipinski definition) is 1. The number of hydrogen-bond acceptors (Lipinski definition) is 3. The molecule has 18 heavy (non-hydrogen) atoms. The Morgan fingerprint density at radius 2 is 2.17 bits per heavy atom. The van der Waals surface area contributed by atoms with Crippen LogP contribution in [0, 0.1) is 5.92 Å². The van der Waals surface area contributed by atoms with Gasteiger partial charge in [-0.05, 0) is 18.1 Å². The summed E-state index contributed by atoms with van der Waals surface area (Å²) in [5, 5.41) is 8.69. The molecule has 1 N–H and O–H groups in total. The van der Waals surface area contributed by atoms with Crippen LogP contribution < -0.4 is 0 Å². The van der Waals surface area contributed by atoms with E-state index in [9.17, 15) is 9.59 Å². The van der Waals surface area contributed by atoms with Crippen LogP contribution in [0.25, 0.3) is 0 Å². The fourth-order valence-corrected chi connectivity index (χ4v) is 1.59. The number of aliphatic carboxylic acids is 1. The summed E-state index contributed by atoms with van der Waals surface area (Å²) in [6, 6.07) is 3.52. The highest BCUT2D eigenvalue weighted by Crippen LogP contribution is 2.10. The van der Waals surface area contributed by atoms with Gasteiger partial charge in [0.05, 0.1) is 19.2 Å². The molecule has 0 aliphatic carbocycles. The average Bonchev–Trinajstić information content (AvgIpc) is 2.75. The molecule has 100 valence electrons. The number of carboxylic acids is 1. The third kappa shape index (κ3) is 5.03. The summed E-state index contributed by atoms with van der Waals surface area (Å²) in [4.78, 5) is 24.1. The van der Waals surface area contributed by atoms with Crippen molar-refractivity contribution in [3.05, 3.63) is 24.2 Å². The van der Waals surface area contributed by atoms with Crippen LogP contribution in [0.2, 0.25) is 0 Å². The summed E-state index contributed by atoms with van der Waals surface area (Å²) in [5.74, 6) is -0.0293. The van der Waals surface area contributed by atoms with Crippen molar-refractivity contribution in [3.63, 3.8) is 0 Å². The highest BCUT2D eigenvalue weighted by Gasteiger charge is 2.17. The van der Waals surface area contributed by atoms with Gasteiger partial charge in [0.2, 0.25) is 5.91 Å². The van der Waals surface area contributed by atoms with Gasteiger partial charge in [-0.1, -0.05) is 13.8 Å². The van der Waals surface area contributed by atoms with E-state index in [0.717, 1.165) is 0 Å². The quantitative estimate of drug-likeness (QED) is 0.808. The zero-order chi connectivity index (χ0) is 13.5. The van der Waals surface area contributed by atoms with Crippen LogP contribution >= 0.6 is 0 Å². The molecule has 5 nitrogen and oxygen atoms in total. The summed E-state index contributed by atoms with van der Waals surface area (Å²) in [5.41, 5.74) is 0. The van der Waals surface area contributed by atoms with Crippen LogP contribution in [0.3, 0.4) is 0 Å². The third-order valence-corrected chi connectivity index (χ3v) is 2.46. The zero-order valence-corrected chi connectivity index (χ0v) is 10.8. The van der Waals surface area contributed by atoms with E-state index in [1.165, 1.54) is 11.2 Å². The van der Waals surface area contributed by atoms with Gasteiger partial charge in [-0.25, -0.2) is 0 Å². The van der Waals surface area contributed by atoms with Crippen molar-refractivity contribution in [3.8, 4) is 0 Å². The summed E-state index contributed by atoms with van der Waals surface area (Å²) < 4.78 is 5.18. The highest BCUT2D eigenvalue weighted by atomic mass is 16.4. The third-order valence-electron chi connectivity index (χ3n) is 2.46. The standard InChI is InChI=1S/C13H19NO4/c1-10(2)8-12(15)14(6-5-13(16)17)9-11-4-3-7-18-11/h3-4,7,10H,5-6,8-9H2,1-2H3,(H,16,17). The molecule has 1 aromatic rings. The number of rotatable bonds is 7. The van der Waals surface area contributed by atoms with E-state index in [0.29, 0.717) is 18.7 Å². The molecule has 0 aliphatic heterocycles. The maximum absolute atomic E-state index is 12.0. The smallest absolute Gasteiger partial charge is 0.305 e. The topological polar surface area (TPSA) is 70.8 Å². The van der Waals surface area contributed by atoms with E-state index in [2.05, 4.69) is 0 Å². The molecule has 0 spiro atoms. The Bertz CT molecular complexity index is 384. The fourth-order valence-electron chi connectivity index (χ4n) is 1.59. The molecule has 1 amide bonds. The Labute approximate surface area is 106 Å². The van der Waals surface area contributed by atoms with Gasteiger partial charge in [-0.3, -0.25) is 9.59 Å². The van der Waals surface area contributed by atoms with Crippen LogP contribution in [0.4, 0.5) is 0 Å². The van der Waals surface area contributed by atoms with E-state index >= 15 is 0 Å². The average molecular weight is 253 g/mol. The predicted octanol–water partition coefficient (Wildman–Crippen LogP) is 2.13. The van der Waals surface area contributed by atoms with Gasteiger partial charge < -0.3 is 14.4 Å². The number of furan rings is 1. The van der Waals surface area contributed by atoms with Crippen LogP contribution in [0.5, 0.6) is 0 Å². The van der Waals surface area contributed by atoms with E-state index in [1.54, 1.807) is 12.1 Å².